The maximum absolute atomic E-state index is 13.0. The van der Waals surface area contributed by atoms with Crippen LogP contribution in [0, 0.1) is 11.7 Å². The van der Waals surface area contributed by atoms with Crippen LogP contribution in [0.2, 0.25) is 0 Å². The molecule has 4 heteroatoms. The third-order valence-corrected chi connectivity index (χ3v) is 3.66. The lowest BCUT2D eigenvalue weighted by molar-refractivity contribution is 0.00132. The van der Waals surface area contributed by atoms with Gasteiger partial charge in [-0.15, -0.1) is 0 Å². The monoisotopic (exact) mass is 250 g/mol. The molecule has 1 saturated heterocycles. The number of rotatable bonds is 4. The van der Waals surface area contributed by atoms with E-state index in [4.69, 9.17) is 4.74 Å². The molecule has 0 aromatic heterocycles. The minimum atomic E-state index is -0.167. The number of hydrazine groups is 1. The summed E-state index contributed by atoms with van der Waals surface area (Å²) >= 11 is 0. The first-order chi connectivity index (χ1) is 8.83. The van der Waals surface area contributed by atoms with Gasteiger partial charge in [-0.1, -0.05) is 12.1 Å². The van der Waals surface area contributed by atoms with Crippen LogP contribution in [-0.4, -0.2) is 31.3 Å². The highest BCUT2D eigenvalue weighted by atomic mass is 19.1. The third-order valence-electron chi connectivity index (χ3n) is 3.66. The Balaban J connectivity index is 1.69. The van der Waals surface area contributed by atoms with Crippen molar-refractivity contribution >= 4 is 0 Å². The minimum Gasteiger partial charge on any atom is -0.379 e. The van der Waals surface area contributed by atoms with Crippen molar-refractivity contribution in [2.24, 2.45) is 5.92 Å². The molecule has 98 valence electrons. The van der Waals surface area contributed by atoms with Crippen LogP contribution in [0.25, 0.3) is 0 Å². The van der Waals surface area contributed by atoms with Crippen molar-refractivity contribution in [1.29, 1.82) is 0 Å². The second-order valence-corrected chi connectivity index (χ2v) is 5.10. The van der Waals surface area contributed by atoms with Crippen LogP contribution in [-0.2, 0) is 4.74 Å². The number of halogens is 1. The predicted molar refractivity (Wildman–Crippen MR) is 67.4 cm³/mol. The second kappa shape index (κ2) is 5.34. The molecule has 2 fully saturated rings. The summed E-state index contributed by atoms with van der Waals surface area (Å²) < 4.78 is 18.3. The van der Waals surface area contributed by atoms with Crippen molar-refractivity contribution in [3.63, 3.8) is 0 Å². The molecule has 1 atom stereocenters. The molecule has 1 aromatic rings. The summed E-state index contributed by atoms with van der Waals surface area (Å²) in [6.45, 7) is 3.41. The molecule has 1 saturated carbocycles. The molecule has 0 spiro atoms. The third kappa shape index (κ3) is 2.88. The van der Waals surface area contributed by atoms with Crippen LogP contribution in [0.3, 0.4) is 0 Å². The second-order valence-electron chi connectivity index (χ2n) is 5.10. The zero-order valence-electron chi connectivity index (χ0n) is 10.4. The Morgan fingerprint density at radius 1 is 1.17 bits per heavy atom. The number of nitrogens with one attached hydrogen (secondary N) is 1. The van der Waals surface area contributed by atoms with Crippen molar-refractivity contribution in [3.05, 3.63) is 35.6 Å². The average molecular weight is 250 g/mol. The van der Waals surface area contributed by atoms with Crippen LogP contribution < -0.4 is 5.43 Å². The summed E-state index contributed by atoms with van der Waals surface area (Å²) in [6, 6.07) is 7.21. The van der Waals surface area contributed by atoms with Gasteiger partial charge in [-0.25, -0.2) is 14.8 Å². The summed E-state index contributed by atoms with van der Waals surface area (Å²) in [7, 11) is 0. The van der Waals surface area contributed by atoms with Crippen LogP contribution in [0.5, 0.6) is 0 Å². The maximum Gasteiger partial charge on any atom is 0.123 e. The first kappa shape index (κ1) is 12.1. The first-order valence-corrected chi connectivity index (χ1v) is 6.67. The molecule has 1 aromatic carbocycles. The fourth-order valence-corrected chi connectivity index (χ4v) is 2.44. The Kier molecular flexibility index (Phi) is 3.59. The van der Waals surface area contributed by atoms with Gasteiger partial charge in [0.25, 0.3) is 0 Å². The molecule has 0 bridgehead atoms. The lowest BCUT2D eigenvalue weighted by Gasteiger charge is -2.32. The van der Waals surface area contributed by atoms with Gasteiger partial charge in [0.05, 0.1) is 13.2 Å². The summed E-state index contributed by atoms with van der Waals surface area (Å²) in [4.78, 5) is 0. The Morgan fingerprint density at radius 3 is 2.44 bits per heavy atom. The van der Waals surface area contributed by atoms with Gasteiger partial charge in [0.1, 0.15) is 5.82 Å². The molecule has 3 rings (SSSR count). The zero-order valence-corrected chi connectivity index (χ0v) is 10.4. The normalized spacial score (nSPS) is 22.9. The number of hydrogen-bond donors (Lipinski definition) is 1. The smallest absolute Gasteiger partial charge is 0.123 e. The van der Waals surface area contributed by atoms with E-state index in [2.05, 4.69) is 10.4 Å². The lowest BCUT2D eigenvalue weighted by Crippen LogP contribution is -2.47. The van der Waals surface area contributed by atoms with E-state index in [0.717, 1.165) is 26.3 Å². The SMILES string of the molecule is Fc1ccc(C(NN2CCOCC2)C2CC2)cc1. The molecule has 1 unspecified atom stereocenters. The van der Waals surface area contributed by atoms with E-state index in [9.17, 15) is 4.39 Å². The van der Waals surface area contributed by atoms with E-state index < -0.39 is 0 Å². The van der Waals surface area contributed by atoms with Gasteiger partial charge in [-0.05, 0) is 36.5 Å². The Morgan fingerprint density at radius 2 is 1.83 bits per heavy atom. The van der Waals surface area contributed by atoms with Crippen molar-refractivity contribution in [2.45, 2.75) is 18.9 Å². The van der Waals surface area contributed by atoms with Crippen molar-refractivity contribution in [2.75, 3.05) is 26.3 Å². The first-order valence-electron chi connectivity index (χ1n) is 6.67. The minimum absolute atomic E-state index is 0.167. The van der Waals surface area contributed by atoms with E-state index in [1.54, 1.807) is 12.1 Å². The molecule has 1 aliphatic heterocycles. The molecule has 18 heavy (non-hydrogen) atoms. The van der Waals surface area contributed by atoms with Gasteiger partial charge in [-0.2, -0.15) is 0 Å². The number of morpholine rings is 1. The van der Waals surface area contributed by atoms with Crippen LogP contribution in [0.1, 0.15) is 24.4 Å². The highest BCUT2D eigenvalue weighted by molar-refractivity contribution is 5.21. The molecule has 1 aliphatic carbocycles. The molecule has 0 amide bonds. The Bertz CT molecular complexity index is 385. The Hall–Kier alpha value is -0.970. The van der Waals surface area contributed by atoms with E-state index in [0.29, 0.717) is 12.0 Å². The molecule has 3 nitrogen and oxygen atoms in total. The average Bonchev–Trinajstić information content (AvgIpc) is 3.23. The van der Waals surface area contributed by atoms with Gasteiger partial charge < -0.3 is 4.74 Å². The van der Waals surface area contributed by atoms with Crippen LogP contribution in [0.15, 0.2) is 24.3 Å². The van der Waals surface area contributed by atoms with Crippen molar-refractivity contribution in [1.82, 2.24) is 10.4 Å². The Labute approximate surface area is 107 Å². The highest BCUT2D eigenvalue weighted by Crippen LogP contribution is 2.41. The number of nitrogens with zero attached hydrogens (tertiary/aromatic N) is 1. The number of hydrogen-bond acceptors (Lipinski definition) is 3. The molecule has 0 radical (unpaired) electrons. The zero-order chi connectivity index (χ0) is 12.4. The number of benzene rings is 1. The van der Waals surface area contributed by atoms with Gasteiger partial charge in [0, 0.05) is 19.1 Å². The van der Waals surface area contributed by atoms with Gasteiger partial charge in [-0.3, -0.25) is 0 Å². The summed E-state index contributed by atoms with van der Waals surface area (Å²) in [5.74, 6) is 0.526. The van der Waals surface area contributed by atoms with E-state index in [1.165, 1.54) is 18.4 Å². The van der Waals surface area contributed by atoms with E-state index in [1.807, 2.05) is 12.1 Å². The quantitative estimate of drug-likeness (QED) is 0.886. The fraction of sp³-hybridized carbons (Fsp3) is 0.571. The van der Waals surface area contributed by atoms with Crippen molar-refractivity contribution < 1.29 is 9.13 Å². The summed E-state index contributed by atoms with van der Waals surface area (Å²) in [5.41, 5.74) is 4.77. The largest absolute Gasteiger partial charge is 0.379 e. The number of ether oxygens (including phenoxy) is 1. The highest BCUT2D eigenvalue weighted by Gasteiger charge is 2.33. The predicted octanol–water partition coefficient (Wildman–Crippen LogP) is 2.11. The van der Waals surface area contributed by atoms with Crippen molar-refractivity contribution in [3.8, 4) is 0 Å². The molecule has 1 N–H and O–H groups in total. The fourth-order valence-electron chi connectivity index (χ4n) is 2.44. The summed E-state index contributed by atoms with van der Waals surface area (Å²) in [5, 5.41) is 2.23. The maximum atomic E-state index is 13.0. The van der Waals surface area contributed by atoms with E-state index >= 15 is 0 Å². The van der Waals surface area contributed by atoms with Gasteiger partial charge in [0.2, 0.25) is 0 Å². The lowest BCUT2D eigenvalue weighted by atomic mass is 10.0. The van der Waals surface area contributed by atoms with Gasteiger partial charge >= 0.3 is 0 Å². The van der Waals surface area contributed by atoms with Crippen LogP contribution in [0.4, 0.5) is 4.39 Å². The molecular weight excluding hydrogens is 231 g/mol. The topological polar surface area (TPSA) is 24.5 Å². The molecule has 1 heterocycles. The van der Waals surface area contributed by atoms with Crippen LogP contribution >= 0.6 is 0 Å². The molecule has 2 aliphatic rings. The standard InChI is InChI=1S/C14H19FN2O/c15-13-5-3-12(4-6-13)14(11-1-2-11)16-17-7-9-18-10-8-17/h3-6,11,14,16H,1-2,7-10H2. The molecular formula is C14H19FN2O. The van der Waals surface area contributed by atoms with E-state index in [-0.39, 0.29) is 5.82 Å². The summed E-state index contributed by atoms with van der Waals surface area (Å²) in [6.07, 6.45) is 2.53. The van der Waals surface area contributed by atoms with Gasteiger partial charge in [0.15, 0.2) is 0 Å².